The van der Waals surface area contributed by atoms with Gasteiger partial charge in [-0.2, -0.15) is 0 Å². The lowest BCUT2D eigenvalue weighted by Gasteiger charge is -2.33. The van der Waals surface area contributed by atoms with Crippen LogP contribution in [0.5, 0.6) is 0 Å². The van der Waals surface area contributed by atoms with Gasteiger partial charge in [-0.05, 0) is 36.8 Å². The zero-order valence-electron chi connectivity index (χ0n) is 8.39. The number of carboxylic acid groups (broad SMARTS) is 1. The molecule has 0 aromatic carbocycles. The minimum Gasteiger partial charge on any atom is -0.481 e. The van der Waals surface area contributed by atoms with Crippen molar-refractivity contribution < 1.29 is 9.90 Å². The van der Waals surface area contributed by atoms with Gasteiger partial charge < -0.3 is 10.8 Å². The van der Waals surface area contributed by atoms with Crippen molar-refractivity contribution in [2.75, 3.05) is 5.73 Å². The number of hydrogen-bond donors (Lipinski definition) is 2. The van der Waals surface area contributed by atoms with Crippen LogP contribution in [0.15, 0.2) is 18.3 Å². The van der Waals surface area contributed by atoms with E-state index in [-0.39, 0.29) is 11.8 Å². The first-order valence-corrected chi connectivity index (χ1v) is 5.10. The SMILES string of the molecule is Nc1ncccc1CC1CCC1C(=O)O. The van der Waals surface area contributed by atoms with Crippen molar-refractivity contribution in [2.45, 2.75) is 19.3 Å². The van der Waals surface area contributed by atoms with Gasteiger partial charge in [-0.15, -0.1) is 0 Å². The van der Waals surface area contributed by atoms with Gasteiger partial charge in [-0.3, -0.25) is 4.79 Å². The molecule has 0 saturated heterocycles. The summed E-state index contributed by atoms with van der Waals surface area (Å²) in [5, 5.41) is 8.90. The van der Waals surface area contributed by atoms with Crippen LogP contribution >= 0.6 is 0 Å². The largest absolute Gasteiger partial charge is 0.481 e. The van der Waals surface area contributed by atoms with E-state index >= 15 is 0 Å². The molecular weight excluding hydrogens is 192 g/mol. The first-order chi connectivity index (χ1) is 7.18. The molecule has 2 rings (SSSR count). The van der Waals surface area contributed by atoms with Gasteiger partial charge in [0.05, 0.1) is 5.92 Å². The van der Waals surface area contributed by atoms with E-state index in [1.165, 1.54) is 0 Å². The van der Waals surface area contributed by atoms with E-state index in [1.807, 2.05) is 12.1 Å². The van der Waals surface area contributed by atoms with E-state index in [2.05, 4.69) is 4.98 Å². The van der Waals surface area contributed by atoms with Crippen LogP contribution in [0.3, 0.4) is 0 Å². The fourth-order valence-corrected chi connectivity index (χ4v) is 2.04. The lowest BCUT2D eigenvalue weighted by atomic mass is 9.71. The van der Waals surface area contributed by atoms with Crippen molar-refractivity contribution in [1.82, 2.24) is 4.98 Å². The summed E-state index contributed by atoms with van der Waals surface area (Å²) in [5.41, 5.74) is 6.68. The summed E-state index contributed by atoms with van der Waals surface area (Å²) in [4.78, 5) is 14.8. The molecular formula is C11H14N2O2. The van der Waals surface area contributed by atoms with Gasteiger partial charge in [0.2, 0.25) is 0 Å². The predicted molar refractivity (Wildman–Crippen MR) is 56.2 cm³/mol. The molecule has 0 radical (unpaired) electrons. The van der Waals surface area contributed by atoms with Crippen molar-refractivity contribution >= 4 is 11.8 Å². The molecule has 4 nitrogen and oxygen atoms in total. The quantitative estimate of drug-likeness (QED) is 0.781. The van der Waals surface area contributed by atoms with Gasteiger partial charge >= 0.3 is 5.97 Å². The van der Waals surface area contributed by atoms with Crippen LogP contribution < -0.4 is 5.73 Å². The second kappa shape index (κ2) is 3.88. The van der Waals surface area contributed by atoms with Crippen LogP contribution in [0, 0.1) is 11.8 Å². The molecule has 1 aromatic rings. The number of nitrogens with two attached hydrogens (primary N) is 1. The summed E-state index contributed by atoms with van der Waals surface area (Å²) in [6.07, 6.45) is 4.15. The van der Waals surface area contributed by atoms with Crippen LogP contribution in [-0.4, -0.2) is 16.1 Å². The Kier molecular flexibility index (Phi) is 2.58. The smallest absolute Gasteiger partial charge is 0.306 e. The van der Waals surface area contributed by atoms with E-state index in [9.17, 15) is 4.79 Å². The number of carbonyl (C=O) groups is 1. The molecule has 0 amide bonds. The molecule has 3 N–H and O–H groups in total. The average Bonchev–Trinajstić information content (AvgIpc) is 2.13. The van der Waals surface area contributed by atoms with Crippen LogP contribution in [0.25, 0.3) is 0 Å². The normalized spacial score (nSPS) is 24.5. The highest BCUT2D eigenvalue weighted by Crippen LogP contribution is 2.37. The molecule has 0 bridgehead atoms. The molecule has 4 heteroatoms. The molecule has 1 aromatic heterocycles. The molecule has 80 valence electrons. The molecule has 1 aliphatic carbocycles. The van der Waals surface area contributed by atoms with Gasteiger partial charge in [-0.25, -0.2) is 4.98 Å². The molecule has 0 aliphatic heterocycles. The van der Waals surface area contributed by atoms with Crippen molar-refractivity contribution in [2.24, 2.45) is 11.8 Å². The van der Waals surface area contributed by atoms with Gasteiger partial charge in [-0.1, -0.05) is 6.07 Å². The van der Waals surface area contributed by atoms with E-state index in [0.717, 1.165) is 24.8 Å². The molecule has 1 fully saturated rings. The minimum absolute atomic E-state index is 0.190. The number of nitrogens with zero attached hydrogens (tertiary/aromatic N) is 1. The second-order valence-corrected chi connectivity index (χ2v) is 4.03. The fraction of sp³-hybridized carbons (Fsp3) is 0.455. The van der Waals surface area contributed by atoms with Crippen LogP contribution in [-0.2, 0) is 11.2 Å². The van der Waals surface area contributed by atoms with Crippen molar-refractivity contribution in [3.05, 3.63) is 23.9 Å². The van der Waals surface area contributed by atoms with E-state index < -0.39 is 5.97 Å². The Morgan fingerprint density at radius 3 is 2.93 bits per heavy atom. The fourth-order valence-electron chi connectivity index (χ4n) is 2.04. The maximum absolute atomic E-state index is 10.8. The molecule has 2 unspecified atom stereocenters. The number of aliphatic carboxylic acids is 1. The van der Waals surface area contributed by atoms with E-state index in [0.29, 0.717) is 5.82 Å². The number of rotatable bonds is 3. The zero-order valence-corrected chi connectivity index (χ0v) is 8.39. The van der Waals surface area contributed by atoms with Crippen LogP contribution in [0.1, 0.15) is 18.4 Å². The third-order valence-electron chi connectivity index (χ3n) is 3.14. The Morgan fingerprint density at radius 2 is 2.40 bits per heavy atom. The lowest BCUT2D eigenvalue weighted by molar-refractivity contribution is -0.147. The number of hydrogen-bond acceptors (Lipinski definition) is 3. The molecule has 1 saturated carbocycles. The molecule has 2 atom stereocenters. The summed E-state index contributed by atoms with van der Waals surface area (Å²) in [6.45, 7) is 0. The van der Waals surface area contributed by atoms with Gasteiger partial charge in [0.15, 0.2) is 0 Å². The average molecular weight is 206 g/mol. The Hall–Kier alpha value is -1.58. The lowest BCUT2D eigenvalue weighted by Crippen LogP contribution is -2.34. The summed E-state index contributed by atoms with van der Waals surface area (Å²) in [5.74, 6) is -0.124. The van der Waals surface area contributed by atoms with Gasteiger partial charge in [0, 0.05) is 6.20 Å². The van der Waals surface area contributed by atoms with Gasteiger partial charge in [0.1, 0.15) is 5.82 Å². The van der Waals surface area contributed by atoms with E-state index in [1.54, 1.807) is 6.20 Å². The highest BCUT2D eigenvalue weighted by molar-refractivity contribution is 5.71. The van der Waals surface area contributed by atoms with Crippen LogP contribution in [0.4, 0.5) is 5.82 Å². The number of carboxylic acids is 1. The summed E-state index contributed by atoms with van der Waals surface area (Å²) in [6, 6.07) is 3.75. The number of anilines is 1. The first-order valence-electron chi connectivity index (χ1n) is 5.10. The summed E-state index contributed by atoms with van der Waals surface area (Å²) >= 11 is 0. The van der Waals surface area contributed by atoms with Crippen LogP contribution in [0.2, 0.25) is 0 Å². The van der Waals surface area contributed by atoms with Crippen molar-refractivity contribution in [3.8, 4) is 0 Å². The van der Waals surface area contributed by atoms with Crippen molar-refractivity contribution in [3.63, 3.8) is 0 Å². The Balaban J connectivity index is 2.04. The summed E-state index contributed by atoms with van der Waals surface area (Å²) in [7, 11) is 0. The number of pyridine rings is 1. The Morgan fingerprint density at radius 1 is 1.60 bits per heavy atom. The zero-order chi connectivity index (χ0) is 10.8. The van der Waals surface area contributed by atoms with Crippen molar-refractivity contribution in [1.29, 1.82) is 0 Å². The maximum Gasteiger partial charge on any atom is 0.306 e. The standard InChI is InChI=1S/C11H14N2O2/c12-10-8(2-1-5-13-10)6-7-3-4-9(7)11(14)15/h1-2,5,7,9H,3-4,6H2,(H2,12,13)(H,14,15). The molecule has 15 heavy (non-hydrogen) atoms. The minimum atomic E-state index is -0.686. The number of aromatic nitrogens is 1. The van der Waals surface area contributed by atoms with E-state index in [4.69, 9.17) is 10.8 Å². The van der Waals surface area contributed by atoms with Gasteiger partial charge in [0.25, 0.3) is 0 Å². The third-order valence-corrected chi connectivity index (χ3v) is 3.14. The topological polar surface area (TPSA) is 76.2 Å². The maximum atomic E-state index is 10.8. The first kappa shape index (κ1) is 9.96. The highest BCUT2D eigenvalue weighted by Gasteiger charge is 2.36. The Labute approximate surface area is 88.1 Å². The predicted octanol–water partition coefficient (Wildman–Crippen LogP) is 1.32. The monoisotopic (exact) mass is 206 g/mol. The third kappa shape index (κ3) is 1.93. The molecule has 1 aliphatic rings. The highest BCUT2D eigenvalue weighted by atomic mass is 16.4. The summed E-state index contributed by atoms with van der Waals surface area (Å²) < 4.78 is 0. The second-order valence-electron chi connectivity index (χ2n) is 4.03. The molecule has 0 spiro atoms. The molecule has 1 heterocycles. The number of nitrogen functional groups attached to an aromatic ring is 1. The Bertz CT molecular complexity index is 379.